The summed E-state index contributed by atoms with van der Waals surface area (Å²) in [5, 5.41) is 8.25. The number of benzene rings is 1. The number of carbonyl (C=O) groups is 3. The third-order valence-corrected chi connectivity index (χ3v) is 5.39. The molecular weight excluding hydrogens is 414 g/mol. The van der Waals surface area contributed by atoms with Gasteiger partial charge in [0.2, 0.25) is 0 Å². The molecule has 0 aliphatic heterocycles. The Morgan fingerprint density at radius 3 is 2.44 bits per heavy atom. The largest absolute Gasteiger partial charge is 0.490 e. The molecule has 0 heterocycles. The van der Waals surface area contributed by atoms with Crippen LogP contribution >= 0.6 is 0 Å². The quantitative estimate of drug-likeness (QED) is 0.394. The fourth-order valence-electron chi connectivity index (χ4n) is 4.47. The van der Waals surface area contributed by atoms with E-state index in [0.29, 0.717) is 13.0 Å². The first kappa shape index (κ1) is 25.3. The van der Waals surface area contributed by atoms with Crippen LogP contribution in [0.2, 0.25) is 0 Å². The first-order chi connectivity index (χ1) is 15.1. The van der Waals surface area contributed by atoms with E-state index in [0.717, 1.165) is 18.6 Å². The normalized spacial score (nSPS) is 21.7. The van der Waals surface area contributed by atoms with Gasteiger partial charge in [-0.2, -0.15) is 0 Å². The van der Waals surface area contributed by atoms with Crippen molar-refractivity contribution in [3.05, 3.63) is 30.3 Å². The van der Waals surface area contributed by atoms with Crippen molar-refractivity contribution in [1.29, 1.82) is 0 Å². The molecule has 2 rings (SSSR count). The van der Waals surface area contributed by atoms with E-state index in [9.17, 15) is 14.4 Å². The Kier molecular flexibility index (Phi) is 9.16. The molecule has 0 radical (unpaired) electrons. The van der Waals surface area contributed by atoms with Crippen molar-refractivity contribution in [3.8, 4) is 5.75 Å². The maximum absolute atomic E-state index is 12.3. The molecule has 2 unspecified atom stereocenters. The topological polar surface area (TPSA) is 115 Å². The number of alkyl carbamates (subject to hydrolysis) is 1. The van der Waals surface area contributed by atoms with Gasteiger partial charge in [-0.25, -0.2) is 9.59 Å². The average molecular weight is 450 g/mol. The number of carbonyl (C=O) groups excluding carboxylic acids is 3. The number of para-hydroxylation sites is 1. The van der Waals surface area contributed by atoms with Crippen LogP contribution in [0.1, 0.15) is 40.0 Å². The Morgan fingerprint density at radius 2 is 1.75 bits per heavy atom. The molecule has 0 saturated heterocycles. The van der Waals surface area contributed by atoms with Crippen molar-refractivity contribution >= 4 is 18.1 Å². The number of methoxy groups -OCH3 is 1. The Morgan fingerprint density at radius 1 is 1.03 bits per heavy atom. The van der Waals surface area contributed by atoms with Crippen molar-refractivity contribution < 1.29 is 28.6 Å². The summed E-state index contributed by atoms with van der Waals surface area (Å²) in [7, 11) is 1.27. The molecule has 3 amide bonds. The van der Waals surface area contributed by atoms with Crippen molar-refractivity contribution in [3.63, 3.8) is 0 Å². The van der Waals surface area contributed by atoms with E-state index in [1.54, 1.807) is 0 Å². The zero-order valence-corrected chi connectivity index (χ0v) is 19.4. The average Bonchev–Trinajstić information content (AvgIpc) is 2.73. The molecule has 1 aliphatic carbocycles. The van der Waals surface area contributed by atoms with Gasteiger partial charge in [-0.05, 0) is 42.2 Å². The molecule has 0 spiro atoms. The van der Waals surface area contributed by atoms with Gasteiger partial charge in [0.15, 0.2) is 0 Å². The molecule has 3 N–H and O–H groups in total. The third kappa shape index (κ3) is 9.03. The van der Waals surface area contributed by atoms with Gasteiger partial charge < -0.3 is 30.2 Å². The monoisotopic (exact) mass is 449 g/mol. The van der Waals surface area contributed by atoms with Crippen LogP contribution in [-0.2, 0) is 14.3 Å². The lowest BCUT2D eigenvalue weighted by Crippen LogP contribution is -2.51. The summed E-state index contributed by atoms with van der Waals surface area (Å²) in [6, 6.07) is 8.84. The Labute approximate surface area is 189 Å². The second kappa shape index (κ2) is 11.6. The van der Waals surface area contributed by atoms with Gasteiger partial charge in [-0.1, -0.05) is 39.0 Å². The molecule has 1 saturated carbocycles. The molecule has 1 aromatic carbocycles. The maximum atomic E-state index is 12.3. The number of amides is 3. The predicted octanol–water partition coefficient (Wildman–Crippen LogP) is 2.85. The SMILES string of the molecule is COC(=O)CNC(=O)NCC1(C)CC(NC(=O)OCCOc2ccccc2)CC(C)(C)C1. The Hall–Kier alpha value is -2.97. The number of rotatable bonds is 9. The van der Waals surface area contributed by atoms with Gasteiger partial charge in [0.25, 0.3) is 0 Å². The fraction of sp³-hybridized carbons (Fsp3) is 0.609. The van der Waals surface area contributed by atoms with Gasteiger partial charge in [-0.3, -0.25) is 4.79 Å². The molecule has 178 valence electrons. The number of urea groups is 1. The van der Waals surface area contributed by atoms with Gasteiger partial charge in [0.1, 0.15) is 25.5 Å². The second-order valence-electron chi connectivity index (χ2n) is 9.31. The van der Waals surface area contributed by atoms with E-state index in [1.165, 1.54) is 7.11 Å². The smallest absolute Gasteiger partial charge is 0.407 e. The molecule has 0 aromatic heterocycles. The van der Waals surface area contributed by atoms with Gasteiger partial charge in [-0.15, -0.1) is 0 Å². The first-order valence-corrected chi connectivity index (χ1v) is 10.8. The molecule has 9 heteroatoms. The second-order valence-corrected chi connectivity index (χ2v) is 9.31. The standard InChI is InChI=1S/C23H35N3O6/c1-22(2)12-17(26-21(29)32-11-10-31-18-8-6-5-7-9-18)13-23(3,15-22)16-25-20(28)24-14-19(27)30-4/h5-9,17H,10-16H2,1-4H3,(H,26,29)(H2,24,25,28). The maximum Gasteiger partial charge on any atom is 0.407 e. The van der Waals surface area contributed by atoms with Gasteiger partial charge in [0, 0.05) is 12.6 Å². The number of ether oxygens (including phenoxy) is 3. The summed E-state index contributed by atoms with van der Waals surface area (Å²) in [4.78, 5) is 35.4. The molecule has 9 nitrogen and oxygen atoms in total. The lowest BCUT2D eigenvalue weighted by atomic mass is 9.62. The van der Waals surface area contributed by atoms with Crippen LogP contribution in [0.5, 0.6) is 5.75 Å². The van der Waals surface area contributed by atoms with Gasteiger partial charge >= 0.3 is 18.1 Å². The highest BCUT2D eigenvalue weighted by atomic mass is 16.6. The third-order valence-electron chi connectivity index (χ3n) is 5.39. The van der Waals surface area contributed by atoms with Crippen LogP contribution in [0, 0.1) is 10.8 Å². The highest BCUT2D eigenvalue weighted by Gasteiger charge is 2.42. The van der Waals surface area contributed by atoms with E-state index in [1.807, 2.05) is 30.3 Å². The fourth-order valence-corrected chi connectivity index (χ4v) is 4.47. The van der Waals surface area contributed by atoms with Crippen molar-refractivity contribution in [1.82, 2.24) is 16.0 Å². The molecule has 0 bridgehead atoms. The van der Waals surface area contributed by atoms with Crippen LogP contribution in [0.4, 0.5) is 9.59 Å². The Bertz CT molecular complexity index is 770. The minimum absolute atomic E-state index is 0.0223. The van der Waals surface area contributed by atoms with Gasteiger partial charge in [0.05, 0.1) is 7.11 Å². The van der Waals surface area contributed by atoms with Crippen LogP contribution in [0.3, 0.4) is 0 Å². The minimum Gasteiger partial charge on any atom is -0.490 e. The highest BCUT2D eigenvalue weighted by Crippen LogP contribution is 2.45. The zero-order chi connectivity index (χ0) is 23.6. The van der Waals surface area contributed by atoms with E-state index < -0.39 is 18.1 Å². The van der Waals surface area contributed by atoms with E-state index in [-0.39, 0.29) is 36.6 Å². The number of nitrogens with one attached hydrogen (secondary N) is 3. The molecule has 1 aliphatic rings. The summed E-state index contributed by atoms with van der Waals surface area (Å²) >= 11 is 0. The summed E-state index contributed by atoms with van der Waals surface area (Å²) in [6.07, 6.45) is 1.92. The van der Waals surface area contributed by atoms with Crippen molar-refractivity contribution in [2.45, 2.75) is 46.1 Å². The van der Waals surface area contributed by atoms with E-state index in [2.05, 4.69) is 41.5 Å². The lowest BCUT2D eigenvalue weighted by molar-refractivity contribution is -0.139. The molecule has 1 fully saturated rings. The summed E-state index contributed by atoms with van der Waals surface area (Å²) in [5.41, 5.74) is -0.246. The summed E-state index contributed by atoms with van der Waals surface area (Å²) < 4.78 is 15.3. The van der Waals surface area contributed by atoms with E-state index >= 15 is 0 Å². The van der Waals surface area contributed by atoms with Crippen LogP contribution < -0.4 is 20.7 Å². The number of hydrogen-bond donors (Lipinski definition) is 3. The van der Waals surface area contributed by atoms with Crippen LogP contribution in [0.15, 0.2) is 30.3 Å². The summed E-state index contributed by atoms with van der Waals surface area (Å²) in [5.74, 6) is 0.214. The Balaban J connectivity index is 1.78. The molecular formula is C23H35N3O6. The summed E-state index contributed by atoms with van der Waals surface area (Å²) in [6.45, 7) is 7.04. The van der Waals surface area contributed by atoms with Crippen molar-refractivity contribution in [2.75, 3.05) is 33.4 Å². The van der Waals surface area contributed by atoms with Crippen LogP contribution in [-0.4, -0.2) is 57.5 Å². The highest BCUT2D eigenvalue weighted by molar-refractivity contribution is 5.80. The van der Waals surface area contributed by atoms with Crippen molar-refractivity contribution in [2.24, 2.45) is 10.8 Å². The predicted molar refractivity (Wildman–Crippen MR) is 119 cm³/mol. The van der Waals surface area contributed by atoms with E-state index in [4.69, 9.17) is 9.47 Å². The van der Waals surface area contributed by atoms with Crippen LogP contribution in [0.25, 0.3) is 0 Å². The minimum atomic E-state index is -0.512. The molecule has 2 atom stereocenters. The number of esters is 1. The molecule has 1 aromatic rings. The first-order valence-electron chi connectivity index (χ1n) is 10.8. The zero-order valence-electron chi connectivity index (χ0n) is 19.4. The lowest BCUT2D eigenvalue weighted by Gasteiger charge is -2.46. The molecule has 32 heavy (non-hydrogen) atoms. The number of hydrogen-bond acceptors (Lipinski definition) is 6.